The minimum atomic E-state index is -0.775. The zero-order valence-electron chi connectivity index (χ0n) is 19.2. The van der Waals surface area contributed by atoms with Crippen molar-refractivity contribution < 1.29 is 28.9 Å². The van der Waals surface area contributed by atoms with Crippen LogP contribution in [0.1, 0.15) is 43.9 Å². The zero-order chi connectivity index (χ0) is 24.1. The maximum absolute atomic E-state index is 13.2. The molecule has 33 heavy (non-hydrogen) atoms. The molecule has 0 radical (unpaired) electrons. The molecule has 1 fully saturated rings. The Balaban J connectivity index is 2.25. The van der Waals surface area contributed by atoms with Crippen molar-refractivity contribution in [1.82, 2.24) is 4.90 Å². The molecule has 1 amide bonds. The molecule has 0 saturated carbocycles. The van der Waals surface area contributed by atoms with Crippen LogP contribution in [0, 0.1) is 0 Å². The summed E-state index contributed by atoms with van der Waals surface area (Å²) in [6.07, 6.45) is 1.56. The second-order valence-electron chi connectivity index (χ2n) is 7.54. The van der Waals surface area contributed by atoms with E-state index in [1.807, 2.05) is 19.9 Å². The average Bonchev–Trinajstić information content (AvgIpc) is 3.07. The molecule has 1 atom stereocenters. The van der Waals surface area contributed by atoms with Crippen molar-refractivity contribution in [2.75, 3.05) is 27.4 Å². The Bertz CT molecular complexity index is 1080. The number of ether oxygens (including phenoxy) is 3. The lowest BCUT2D eigenvalue weighted by molar-refractivity contribution is -0.139. The van der Waals surface area contributed by atoms with Gasteiger partial charge < -0.3 is 24.2 Å². The van der Waals surface area contributed by atoms with Gasteiger partial charge in [-0.1, -0.05) is 37.1 Å². The van der Waals surface area contributed by atoms with Gasteiger partial charge in [-0.25, -0.2) is 0 Å². The highest BCUT2D eigenvalue weighted by Crippen LogP contribution is 2.43. The summed E-state index contributed by atoms with van der Waals surface area (Å²) >= 11 is 6.20. The normalized spacial score (nSPS) is 17.4. The highest BCUT2D eigenvalue weighted by Gasteiger charge is 2.46. The van der Waals surface area contributed by atoms with Gasteiger partial charge >= 0.3 is 0 Å². The smallest absolute Gasteiger partial charge is 0.295 e. The molecule has 0 aromatic heterocycles. The van der Waals surface area contributed by atoms with Crippen LogP contribution in [0.3, 0.4) is 0 Å². The molecule has 176 valence electrons. The standard InChI is InChI=1S/C25H28ClNO6/c1-5-7-11-27-22(15-9-8-10-16(12-15)33-6-2)21(24(29)25(27)30)23(28)17-13-20(32-4)18(26)14-19(17)31-3/h8-10,12-14,22,28H,5-7,11H2,1-4H3/b23-21+. The van der Waals surface area contributed by atoms with E-state index in [0.717, 1.165) is 6.42 Å². The first kappa shape index (κ1) is 24.5. The molecule has 0 aliphatic carbocycles. The highest BCUT2D eigenvalue weighted by atomic mass is 35.5. The van der Waals surface area contributed by atoms with Gasteiger partial charge in [0.25, 0.3) is 11.7 Å². The Morgan fingerprint density at radius 1 is 1.09 bits per heavy atom. The van der Waals surface area contributed by atoms with Crippen LogP contribution in [0.2, 0.25) is 5.02 Å². The summed E-state index contributed by atoms with van der Waals surface area (Å²) in [5.74, 6) is -0.607. The van der Waals surface area contributed by atoms with Gasteiger partial charge in [0.15, 0.2) is 0 Å². The number of likely N-dealkylation sites (tertiary alicyclic amines) is 1. The largest absolute Gasteiger partial charge is 0.507 e. The number of carbonyl (C=O) groups excluding carboxylic acids is 2. The van der Waals surface area contributed by atoms with Crippen LogP contribution < -0.4 is 14.2 Å². The molecule has 1 N–H and O–H groups in total. The van der Waals surface area contributed by atoms with Crippen LogP contribution in [0.15, 0.2) is 42.0 Å². The van der Waals surface area contributed by atoms with Gasteiger partial charge in [0.2, 0.25) is 0 Å². The van der Waals surface area contributed by atoms with Crippen molar-refractivity contribution in [2.24, 2.45) is 0 Å². The van der Waals surface area contributed by atoms with Crippen LogP contribution in [0.25, 0.3) is 5.76 Å². The van der Waals surface area contributed by atoms with Gasteiger partial charge in [-0.05, 0) is 37.1 Å². The molecule has 0 bridgehead atoms. The fourth-order valence-electron chi connectivity index (χ4n) is 3.92. The van der Waals surface area contributed by atoms with Crippen LogP contribution in [0.5, 0.6) is 17.2 Å². The van der Waals surface area contributed by atoms with E-state index in [4.69, 9.17) is 25.8 Å². The number of rotatable bonds is 9. The highest BCUT2D eigenvalue weighted by molar-refractivity contribution is 6.46. The third-order valence-corrected chi connectivity index (χ3v) is 5.80. The molecular weight excluding hydrogens is 446 g/mol. The van der Waals surface area contributed by atoms with E-state index in [-0.39, 0.29) is 27.7 Å². The Labute approximate surface area is 198 Å². The van der Waals surface area contributed by atoms with E-state index < -0.39 is 17.7 Å². The lowest BCUT2D eigenvalue weighted by Gasteiger charge is -2.25. The number of unbranched alkanes of at least 4 members (excludes halogenated alkanes) is 1. The summed E-state index contributed by atoms with van der Waals surface area (Å²) in [5.41, 5.74) is 0.850. The summed E-state index contributed by atoms with van der Waals surface area (Å²) in [7, 11) is 2.87. The van der Waals surface area contributed by atoms with E-state index in [0.29, 0.717) is 36.6 Å². The lowest BCUT2D eigenvalue weighted by atomic mass is 9.94. The number of benzene rings is 2. The summed E-state index contributed by atoms with van der Waals surface area (Å²) in [5, 5.41) is 11.6. The van der Waals surface area contributed by atoms with Crippen LogP contribution in [0.4, 0.5) is 0 Å². The zero-order valence-corrected chi connectivity index (χ0v) is 19.9. The second kappa shape index (κ2) is 10.6. The Morgan fingerprint density at radius 3 is 2.45 bits per heavy atom. The fourth-order valence-corrected chi connectivity index (χ4v) is 4.15. The second-order valence-corrected chi connectivity index (χ2v) is 7.95. The van der Waals surface area contributed by atoms with Gasteiger partial charge in [-0.2, -0.15) is 0 Å². The van der Waals surface area contributed by atoms with E-state index in [9.17, 15) is 14.7 Å². The van der Waals surface area contributed by atoms with Gasteiger partial charge in [0.1, 0.15) is 23.0 Å². The topological polar surface area (TPSA) is 85.3 Å². The average molecular weight is 474 g/mol. The van der Waals surface area contributed by atoms with Crippen molar-refractivity contribution in [3.05, 3.63) is 58.1 Å². The first-order valence-electron chi connectivity index (χ1n) is 10.8. The third-order valence-electron chi connectivity index (χ3n) is 5.51. The van der Waals surface area contributed by atoms with Crippen LogP contribution >= 0.6 is 11.6 Å². The number of nitrogens with zero attached hydrogens (tertiary/aromatic N) is 1. The van der Waals surface area contributed by atoms with Crippen molar-refractivity contribution >= 4 is 29.1 Å². The maximum atomic E-state index is 13.2. The maximum Gasteiger partial charge on any atom is 0.295 e. The van der Waals surface area contributed by atoms with Crippen LogP contribution in [-0.2, 0) is 9.59 Å². The molecule has 1 unspecified atom stereocenters. The molecule has 2 aromatic carbocycles. The van der Waals surface area contributed by atoms with Crippen LogP contribution in [-0.4, -0.2) is 49.1 Å². The number of aliphatic hydroxyl groups excluding tert-OH is 1. The van der Waals surface area contributed by atoms with E-state index in [1.54, 1.807) is 18.2 Å². The van der Waals surface area contributed by atoms with Gasteiger partial charge in [-0.15, -0.1) is 0 Å². The Kier molecular flexibility index (Phi) is 7.87. The predicted molar refractivity (Wildman–Crippen MR) is 126 cm³/mol. The molecule has 1 aliphatic heterocycles. The number of Topliss-reactive ketones (excluding diaryl/α,β-unsaturated/α-hetero) is 1. The van der Waals surface area contributed by atoms with Gasteiger partial charge in [0, 0.05) is 12.6 Å². The fraction of sp³-hybridized carbons (Fsp3) is 0.360. The molecule has 7 nitrogen and oxygen atoms in total. The SMILES string of the molecule is CCCCN1C(=O)C(=O)/C(=C(/O)c2cc(OC)c(Cl)cc2OC)C1c1cccc(OCC)c1. The predicted octanol–water partition coefficient (Wildman–Crippen LogP) is 4.98. The van der Waals surface area contributed by atoms with Gasteiger partial charge in [0.05, 0.1) is 43.0 Å². The van der Waals surface area contributed by atoms with Crippen molar-refractivity contribution in [2.45, 2.75) is 32.7 Å². The molecule has 2 aromatic rings. The van der Waals surface area contributed by atoms with Crippen molar-refractivity contribution in [3.63, 3.8) is 0 Å². The summed E-state index contributed by atoms with van der Waals surface area (Å²) in [6, 6.07) is 9.40. The Morgan fingerprint density at radius 2 is 1.82 bits per heavy atom. The monoisotopic (exact) mass is 473 g/mol. The number of amides is 1. The molecule has 3 rings (SSSR count). The number of methoxy groups -OCH3 is 2. The minimum absolute atomic E-state index is 0.0209. The molecule has 8 heteroatoms. The van der Waals surface area contributed by atoms with Crippen molar-refractivity contribution in [1.29, 1.82) is 0 Å². The summed E-state index contributed by atoms with van der Waals surface area (Å²) in [6.45, 7) is 4.73. The first-order chi connectivity index (χ1) is 15.9. The Hall–Kier alpha value is -3.19. The number of aliphatic hydroxyl groups is 1. The molecular formula is C25H28ClNO6. The van der Waals surface area contributed by atoms with Gasteiger partial charge in [-0.3, -0.25) is 9.59 Å². The molecule has 0 spiro atoms. The van der Waals surface area contributed by atoms with E-state index in [2.05, 4.69) is 0 Å². The van der Waals surface area contributed by atoms with E-state index >= 15 is 0 Å². The minimum Gasteiger partial charge on any atom is -0.507 e. The summed E-state index contributed by atoms with van der Waals surface area (Å²) < 4.78 is 16.3. The first-order valence-corrected chi connectivity index (χ1v) is 11.2. The quantitative estimate of drug-likeness (QED) is 0.314. The number of hydrogen-bond acceptors (Lipinski definition) is 6. The number of carbonyl (C=O) groups is 2. The number of halogens is 1. The number of hydrogen-bond donors (Lipinski definition) is 1. The third kappa shape index (κ3) is 4.78. The number of ketones is 1. The molecule has 1 saturated heterocycles. The molecule has 1 heterocycles. The van der Waals surface area contributed by atoms with Crippen molar-refractivity contribution in [3.8, 4) is 17.2 Å². The van der Waals surface area contributed by atoms with E-state index in [1.165, 1.54) is 31.3 Å². The lowest BCUT2D eigenvalue weighted by Crippen LogP contribution is -2.30. The molecule has 1 aliphatic rings. The summed E-state index contributed by atoms with van der Waals surface area (Å²) in [4.78, 5) is 27.7.